The second kappa shape index (κ2) is 27.8. The summed E-state index contributed by atoms with van der Waals surface area (Å²) in [6.07, 6.45) is 11.8. The molecule has 1 aromatic rings. The highest BCUT2D eigenvalue weighted by atomic mass is 16.5. The minimum atomic E-state index is -1.26. The Balaban J connectivity index is 1.30. The van der Waals surface area contributed by atoms with Crippen LogP contribution in [0.2, 0.25) is 0 Å². The van der Waals surface area contributed by atoms with E-state index in [0.29, 0.717) is 44.1 Å². The zero-order valence-electron chi connectivity index (χ0n) is 45.1. The number of fused-ring (bicyclic) bond motifs is 2. The molecule has 5 rings (SSSR count). The summed E-state index contributed by atoms with van der Waals surface area (Å²) >= 11 is 0. The third-order valence-corrected chi connectivity index (χ3v) is 16.1. The number of carbonyl (C=O) groups is 5. The van der Waals surface area contributed by atoms with Gasteiger partial charge in [-0.1, -0.05) is 110 Å². The van der Waals surface area contributed by atoms with Crippen molar-refractivity contribution in [3.63, 3.8) is 0 Å². The summed E-state index contributed by atoms with van der Waals surface area (Å²) < 4.78 is 13.0. The number of benzene rings is 1. The Kier molecular flexibility index (Phi) is 22.5. The number of cyclic esters (lactones) is 1. The Hall–Kier alpha value is -4.91. The first kappa shape index (κ1) is 60.0. The molecule has 3 saturated heterocycles. The van der Waals surface area contributed by atoms with E-state index in [9.17, 15) is 49.5 Å². The van der Waals surface area contributed by atoms with E-state index in [1.54, 1.807) is 51.1 Å². The monoisotopic (exact) mass is 1030 g/mol. The van der Waals surface area contributed by atoms with Gasteiger partial charge in [-0.05, 0) is 87.0 Å². The van der Waals surface area contributed by atoms with Crippen molar-refractivity contribution >= 4 is 29.6 Å². The number of esters is 1. The van der Waals surface area contributed by atoms with Crippen LogP contribution in [0.5, 0.6) is 5.75 Å². The van der Waals surface area contributed by atoms with Gasteiger partial charge in [-0.2, -0.15) is 0 Å². The van der Waals surface area contributed by atoms with Crippen LogP contribution in [-0.2, 0) is 39.9 Å². The molecule has 74 heavy (non-hydrogen) atoms. The molecule has 2 bridgehead atoms. The lowest BCUT2D eigenvalue weighted by Gasteiger charge is -2.57. The molecule has 412 valence electrons. The zero-order chi connectivity index (χ0) is 54.4. The van der Waals surface area contributed by atoms with E-state index in [0.717, 1.165) is 18.4 Å². The molecule has 0 saturated carbocycles. The van der Waals surface area contributed by atoms with E-state index in [1.165, 1.54) is 23.2 Å². The van der Waals surface area contributed by atoms with Crippen molar-refractivity contribution in [1.29, 1.82) is 0 Å². The standard InChI is InChI=1S/C57H87N5O12/c1-10-40-30-41(11-2)57(60-53(40)69)38(9)52(68)37(8)49(74-57)31-46(65)34(5)20-14-12-15-21-35(6)48-26-17-13-16-25-45(64)36(7)47(66)32-50(67)59-51(33(3)4)54(70)58-44(29-39-22-18-23-42(63)28-39)55(71)62-27-19-24-43(61-62)56(72)73-48/h12-13,15-18,21-23,25,28,33-34,36-38,40-41,43-49,51-52,61,63-66,68H,10-11,14,19-20,24,26-27,29-32H2,1-9H3,(H,58,70)(H,59,67)(H,60,69)/b15-12+,17-13+,25-16+,35-21+/t34-,36?,37?,38-,40-,41-,43-,44-,45+,46-,47-,48-,49-,51?,52-,57-/m0/s1. The van der Waals surface area contributed by atoms with Gasteiger partial charge in [0.1, 0.15) is 35.7 Å². The van der Waals surface area contributed by atoms with Gasteiger partial charge in [-0.25, -0.2) is 5.43 Å². The normalized spacial score (nSPS) is 35.2. The molecule has 9 N–H and O–H groups in total. The summed E-state index contributed by atoms with van der Waals surface area (Å²) in [7, 11) is 0. The van der Waals surface area contributed by atoms with E-state index in [2.05, 4.69) is 28.3 Å². The maximum atomic E-state index is 14.4. The molecule has 0 radical (unpaired) electrons. The van der Waals surface area contributed by atoms with Crippen LogP contribution in [-0.4, -0.2) is 127 Å². The number of rotatable bonds is 13. The maximum Gasteiger partial charge on any atom is 0.325 e. The molecule has 4 aliphatic heterocycles. The summed E-state index contributed by atoms with van der Waals surface area (Å²) in [5.74, 6) is -4.36. The lowest BCUT2D eigenvalue weighted by Crippen LogP contribution is -2.71. The van der Waals surface area contributed by atoms with Crippen LogP contribution in [0.4, 0.5) is 0 Å². The Bertz CT molecular complexity index is 2180. The average Bonchev–Trinajstić information content (AvgIpc) is 3.36. The van der Waals surface area contributed by atoms with Crippen molar-refractivity contribution < 1.29 is 59.0 Å². The number of aliphatic hydroxyl groups is 4. The van der Waals surface area contributed by atoms with Crippen molar-refractivity contribution in [1.82, 2.24) is 26.4 Å². The van der Waals surface area contributed by atoms with Crippen LogP contribution in [0.15, 0.2) is 72.4 Å². The Morgan fingerprint density at radius 3 is 2.41 bits per heavy atom. The van der Waals surface area contributed by atoms with Crippen LogP contribution in [0.1, 0.15) is 132 Å². The number of amides is 4. The first-order valence-electron chi connectivity index (χ1n) is 27.1. The van der Waals surface area contributed by atoms with Gasteiger partial charge in [-0.15, -0.1) is 0 Å². The number of piperidine rings is 1. The number of allylic oxidation sites excluding steroid dienone is 5. The Morgan fingerprint density at radius 2 is 1.72 bits per heavy atom. The number of phenols is 1. The number of hydrogen-bond donors (Lipinski definition) is 9. The Morgan fingerprint density at radius 1 is 0.973 bits per heavy atom. The number of hydrazine groups is 1. The highest BCUT2D eigenvalue weighted by Crippen LogP contribution is 2.47. The van der Waals surface area contributed by atoms with Crippen molar-refractivity contribution in [2.75, 3.05) is 6.54 Å². The summed E-state index contributed by atoms with van der Waals surface area (Å²) in [5.41, 5.74) is 3.34. The predicted molar refractivity (Wildman–Crippen MR) is 281 cm³/mol. The molecule has 0 aromatic heterocycles. The lowest BCUT2D eigenvalue weighted by atomic mass is 9.68. The number of carbonyl (C=O) groups excluding carboxylic acids is 5. The largest absolute Gasteiger partial charge is 0.508 e. The highest BCUT2D eigenvalue weighted by Gasteiger charge is 2.58. The summed E-state index contributed by atoms with van der Waals surface area (Å²) in [5, 5.41) is 65.1. The van der Waals surface area contributed by atoms with E-state index in [-0.39, 0.29) is 67.1 Å². The van der Waals surface area contributed by atoms with Crippen molar-refractivity contribution in [2.24, 2.45) is 41.4 Å². The number of phenolic OH excluding ortho intramolecular Hbond substituents is 1. The number of aliphatic hydroxyl groups excluding tert-OH is 4. The molecule has 1 spiro atoms. The summed E-state index contributed by atoms with van der Waals surface area (Å²) in [4.78, 5) is 68.7. The fraction of sp³-hybridized carbons (Fsp3) is 0.667. The van der Waals surface area contributed by atoms with E-state index >= 15 is 0 Å². The number of ether oxygens (including phenoxy) is 2. The fourth-order valence-electron chi connectivity index (χ4n) is 10.8. The van der Waals surface area contributed by atoms with E-state index < -0.39 is 96.0 Å². The van der Waals surface area contributed by atoms with Crippen LogP contribution in [0.25, 0.3) is 0 Å². The van der Waals surface area contributed by atoms with Crippen molar-refractivity contribution in [3.05, 3.63) is 77.9 Å². The molecule has 4 heterocycles. The van der Waals surface area contributed by atoms with Crippen molar-refractivity contribution in [2.45, 2.75) is 193 Å². The number of nitrogens with zero attached hydrogens (tertiary/aromatic N) is 1. The summed E-state index contributed by atoms with van der Waals surface area (Å²) in [6, 6.07) is 3.15. The second-order valence-electron chi connectivity index (χ2n) is 21.9. The minimum Gasteiger partial charge on any atom is -0.508 e. The van der Waals surface area contributed by atoms with Crippen molar-refractivity contribution in [3.8, 4) is 5.75 Å². The van der Waals surface area contributed by atoms with Gasteiger partial charge in [-0.3, -0.25) is 29.0 Å². The second-order valence-corrected chi connectivity index (χ2v) is 21.9. The van der Waals surface area contributed by atoms with E-state index in [1.807, 2.05) is 52.8 Å². The molecule has 3 unspecified atom stereocenters. The van der Waals surface area contributed by atoms with Gasteiger partial charge in [0, 0.05) is 55.4 Å². The van der Waals surface area contributed by atoms with Crippen LogP contribution in [0.3, 0.4) is 0 Å². The maximum absolute atomic E-state index is 14.4. The van der Waals surface area contributed by atoms with Crippen LogP contribution < -0.4 is 21.4 Å². The summed E-state index contributed by atoms with van der Waals surface area (Å²) in [6.45, 7) is 17.1. The molecule has 17 heteroatoms. The third kappa shape index (κ3) is 15.6. The predicted octanol–water partition coefficient (Wildman–Crippen LogP) is 5.20. The highest BCUT2D eigenvalue weighted by molar-refractivity contribution is 5.92. The Labute approximate surface area is 438 Å². The molecule has 0 aliphatic carbocycles. The van der Waals surface area contributed by atoms with Gasteiger partial charge in [0.05, 0.1) is 36.9 Å². The fourth-order valence-corrected chi connectivity index (χ4v) is 10.8. The molecule has 3 fully saturated rings. The average molecular weight is 1030 g/mol. The third-order valence-electron chi connectivity index (χ3n) is 16.1. The first-order valence-corrected chi connectivity index (χ1v) is 27.1. The molecule has 4 amide bonds. The number of hydrogen-bond acceptors (Lipinski definition) is 13. The molecular formula is C57H87N5O12. The molecule has 16 atom stereocenters. The lowest BCUT2D eigenvalue weighted by molar-refractivity contribution is -0.269. The smallest absolute Gasteiger partial charge is 0.325 e. The molecular weight excluding hydrogens is 947 g/mol. The van der Waals surface area contributed by atoms with Gasteiger partial charge < -0.3 is 51.0 Å². The van der Waals surface area contributed by atoms with Crippen LogP contribution in [0, 0.1) is 41.4 Å². The number of nitrogens with one attached hydrogen (secondary N) is 4. The van der Waals surface area contributed by atoms with Gasteiger partial charge in [0.25, 0.3) is 5.91 Å². The molecule has 4 aliphatic rings. The quantitative estimate of drug-likeness (QED) is 0.0911. The molecule has 1 aromatic carbocycles. The zero-order valence-corrected chi connectivity index (χ0v) is 45.1. The van der Waals surface area contributed by atoms with E-state index in [4.69, 9.17) is 9.47 Å². The van der Waals surface area contributed by atoms with Crippen LogP contribution >= 0.6 is 0 Å². The first-order chi connectivity index (χ1) is 35.1. The topological polar surface area (TPSA) is 256 Å². The molecule has 17 nitrogen and oxygen atoms in total. The van der Waals surface area contributed by atoms with Gasteiger partial charge in [0.2, 0.25) is 17.7 Å². The van der Waals surface area contributed by atoms with Gasteiger partial charge in [0.15, 0.2) is 0 Å². The number of aromatic hydroxyl groups is 1. The SMILES string of the molecule is CC[C@H]1C[C@H](CC)[C@@]2(NC1=O)O[C@@H](C[C@H](O)[C@@H](C)CC/C=C/C=C(\C)[C@@H]1C/C=C/C=C/[C@@H](O)C(C)[C@@H](O)CC(=O)NC(C(C)C)C(=O)N[C@@H](Cc3cccc(O)c3)C(=O)N3CCC[C@H](N3)C(=O)O1)C(C)[C@H](O)[C@@H]2C. The van der Waals surface area contributed by atoms with Gasteiger partial charge >= 0.3 is 5.97 Å². The minimum absolute atomic E-state index is 0.0151.